The van der Waals surface area contributed by atoms with Crippen LogP contribution in [0.3, 0.4) is 0 Å². The minimum absolute atomic E-state index is 0.110. The topological polar surface area (TPSA) is 35.5 Å². The van der Waals surface area contributed by atoms with Crippen LogP contribution in [0.5, 0.6) is 0 Å². The van der Waals surface area contributed by atoms with Crippen LogP contribution < -0.4 is 0 Å². The molecule has 0 aromatic rings. The van der Waals surface area contributed by atoms with Crippen molar-refractivity contribution >= 4 is 5.97 Å². The highest BCUT2D eigenvalue weighted by Gasteiger charge is 2.45. The third kappa shape index (κ3) is 4.66. The van der Waals surface area contributed by atoms with Gasteiger partial charge in [0.2, 0.25) is 0 Å². The molecule has 0 aliphatic heterocycles. The lowest BCUT2D eigenvalue weighted by atomic mass is 9.64. The van der Waals surface area contributed by atoms with E-state index in [-0.39, 0.29) is 11.4 Å². The number of carbonyl (C=O) groups is 1. The molecule has 17 heavy (non-hydrogen) atoms. The van der Waals surface area contributed by atoms with E-state index < -0.39 is 5.41 Å². The van der Waals surface area contributed by atoms with Gasteiger partial charge in [-0.15, -0.1) is 0 Å². The first-order valence-corrected chi connectivity index (χ1v) is 6.31. The van der Waals surface area contributed by atoms with Crippen LogP contribution in [0.25, 0.3) is 0 Å². The molecule has 0 saturated heterocycles. The maximum absolute atomic E-state index is 12.2. The Bertz CT molecular complexity index is 240. The SMILES string of the molecule is COCCOC(=O)C(C)(CC(C)C)C(C)(C)C. The van der Waals surface area contributed by atoms with E-state index in [1.165, 1.54) is 0 Å². The zero-order valence-corrected chi connectivity index (χ0v) is 12.4. The highest BCUT2D eigenvalue weighted by molar-refractivity contribution is 5.77. The zero-order chi connectivity index (χ0) is 13.7. The van der Waals surface area contributed by atoms with Gasteiger partial charge in [0, 0.05) is 7.11 Å². The monoisotopic (exact) mass is 244 g/mol. The first kappa shape index (κ1) is 16.4. The van der Waals surface area contributed by atoms with Gasteiger partial charge >= 0.3 is 5.97 Å². The van der Waals surface area contributed by atoms with Crippen LogP contribution in [-0.4, -0.2) is 26.3 Å². The summed E-state index contributed by atoms with van der Waals surface area (Å²) in [6, 6.07) is 0. The van der Waals surface area contributed by atoms with Crippen molar-refractivity contribution < 1.29 is 14.3 Å². The average molecular weight is 244 g/mol. The summed E-state index contributed by atoms with van der Waals surface area (Å²) in [6.07, 6.45) is 0.836. The van der Waals surface area contributed by atoms with Gasteiger partial charge in [-0.05, 0) is 24.7 Å². The molecule has 0 aliphatic rings. The molecule has 0 aliphatic carbocycles. The molecule has 0 saturated carbocycles. The predicted octanol–water partition coefficient (Wildman–Crippen LogP) is 3.27. The molecule has 0 aromatic carbocycles. The molecule has 1 unspecified atom stereocenters. The van der Waals surface area contributed by atoms with E-state index in [0.29, 0.717) is 19.1 Å². The van der Waals surface area contributed by atoms with E-state index in [2.05, 4.69) is 34.6 Å². The van der Waals surface area contributed by atoms with E-state index in [0.717, 1.165) is 6.42 Å². The lowest BCUT2D eigenvalue weighted by molar-refractivity contribution is -0.164. The second-order valence-electron chi connectivity index (χ2n) is 6.31. The van der Waals surface area contributed by atoms with Gasteiger partial charge in [-0.25, -0.2) is 0 Å². The lowest BCUT2D eigenvalue weighted by Gasteiger charge is -2.40. The minimum atomic E-state index is -0.449. The lowest BCUT2D eigenvalue weighted by Crippen LogP contribution is -2.43. The molecule has 1 atom stereocenters. The number of carbonyl (C=O) groups excluding carboxylic acids is 1. The first-order chi connectivity index (χ1) is 7.65. The summed E-state index contributed by atoms with van der Waals surface area (Å²) in [5, 5.41) is 0. The standard InChI is InChI=1S/C14H28O3/c1-11(2)10-14(6,13(3,4)5)12(15)17-9-8-16-7/h11H,8-10H2,1-7H3. The molecule has 0 amide bonds. The second kappa shape index (κ2) is 6.39. The maximum atomic E-state index is 12.2. The van der Waals surface area contributed by atoms with Crippen LogP contribution in [0.2, 0.25) is 0 Å². The van der Waals surface area contributed by atoms with Crippen molar-refractivity contribution in [2.24, 2.45) is 16.7 Å². The largest absolute Gasteiger partial charge is 0.463 e. The molecule has 0 N–H and O–H groups in total. The van der Waals surface area contributed by atoms with Gasteiger partial charge in [-0.1, -0.05) is 34.6 Å². The third-order valence-electron chi connectivity index (χ3n) is 3.44. The molecule has 3 heteroatoms. The van der Waals surface area contributed by atoms with Gasteiger partial charge < -0.3 is 9.47 Å². The second-order valence-corrected chi connectivity index (χ2v) is 6.31. The molecule has 0 heterocycles. The molecular formula is C14H28O3. The van der Waals surface area contributed by atoms with E-state index in [1.807, 2.05) is 6.92 Å². The normalized spacial score (nSPS) is 15.8. The Morgan fingerprint density at radius 1 is 1.12 bits per heavy atom. The summed E-state index contributed by atoms with van der Waals surface area (Å²) >= 11 is 0. The highest BCUT2D eigenvalue weighted by Crippen LogP contribution is 2.44. The molecule has 0 fully saturated rings. The fourth-order valence-electron chi connectivity index (χ4n) is 1.89. The van der Waals surface area contributed by atoms with Crippen LogP contribution in [0.15, 0.2) is 0 Å². The number of ether oxygens (including phenoxy) is 2. The molecule has 0 radical (unpaired) electrons. The van der Waals surface area contributed by atoms with E-state index >= 15 is 0 Å². The first-order valence-electron chi connectivity index (χ1n) is 6.31. The predicted molar refractivity (Wildman–Crippen MR) is 69.9 cm³/mol. The van der Waals surface area contributed by atoms with Crippen molar-refractivity contribution in [3.8, 4) is 0 Å². The maximum Gasteiger partial charge on any atom is 0.312 e. The van der Waals surface area contributed by atoms with E-state index in [4.69, 9.17) is 9.47 Å². The number of esters is 1. The Balaban J connectivity index is 4.74. The van der Waals surface area contributed by atoms with E-state index in [9.17, 15) is 4.79 Å². The third-order valence-corrected chi connectivity index (χ3v) is 3.44. The Labute approximate surface area is 106 Å². The summed E-state index contributed by atoms with van der Waals surface area (Å²) in [6.45, 7) is 13.3. The number of hydrogen-bond donors (Lipinski definition) is 0. The molecule has 0 spiro atoms. The summed E-state index contributed by atoms with van der Waals surface area (Å²) in [4.78, 5) is 12.2. The van der Waals surface area contributed by atoms with Crippen molar-refractivity contribution in [2.45, 2.75) is 48.0 Å². The van der Waals surface area contributed by atoms with Crippen LogP contribution >= 0.6 is 0 Å². The number of rotatable bonds is 6. The van der Waals surface area contributed by atoms with Gasteiger partial charge in [-0.2, -0.15) is 0 Å². The number of methoxy groups -OCH3 is 1. The smallest absolute Gasteiger partial charge is 0.312 e. The summed E-state index contributed by atoms with van der Waals surface area (Å²) < 4.78 is 10.2. The molecule has 3 nitrogen and oxygen atoms in total. The van der Waals surface area contributed by atoms with Crippen molar-refractivity contribution in [1.29, 1.82) is 0 Å². The Morgan fingerprint density at radius 2 is 1.65 bits per heavy atom. The quantitative estimate of drug-likeness (QED) is 0.531. The molecule has 0 rings (SSSR count). The fourth-order valence-corrected chi connectivity index (χ4v) is 1.89. The molecule has 0 bridgehead atoms. The van der Waals surface area contributed by atoms with Crippen LogP contribution in [-0.2, 0) is 14.3 Å². The summed E-state index contributed by atoms with van der Waals surface area (Å²) in [5.41, 5.74) is -0.559. The van der Waals surface area contributed by atoms with Gasteiger partial charge in [0.25, 0.3) is 0 Å². The zero-order valence-electron chi connectivity index (χ0n) is 12.4. The molecule has 102 valence electrons. The Morgan fingerprint density at radius 3 is 2.00 bits per heavy atom. The van der Waals surface area contributed by atoms with Crippen LogP contribution in [0.4, 0.5) is 0 Å². The van der Waals surface area contributed by atoms with Gasteiger partial charge in [0.05, 0.1) is 12.0 Å². The van der Waals surface area contributed by atoms with Gasteiger partial charge in [0.1, 0.15) is 6.61 Å². The van der Waals surface area contributed by atoms with Crippen LogP contribution in [0, 0.1) is 16.7 Å². The average Bonchev–Trinajstić information content (AvgIpc) is 2.15. The number of hydrogen-bond acceptors (Lipinski definition) is 3. The van der Waals surface area contributed by atoms with Gasteiger partial charge in [0.15, 0.2) is 0 Å². The fraction of sp³-hybridized carbons (Fsp3) is 0.929. The van der Waals surface area contributed by atoms with Gasteiger partial charge in [-0.3, -0.25) is 4.79 Å². The Kier molecular flexibility index (Phi) is 6.17. The highest BCUT2D eigenvalue weighted by atomic mass is 16.6. The van der Waals surface area contributed by atoms with Crippen molar-refractivity contribution in [2.75, 3.05) is 20.3 Å². The van der Waals surface area contributed by atoms with Crippen molar-refractivity contribution in [1.82, 2.24) is 0 Å². The molecule has 0 aromatic heterocycles. The van der Waals surface area contributed by atoms with Crippen LogP contribution in [0.1, 0.15) is 48.0 Å². The minimum Gasteiger partial charge on any atom is -0.463 e. The molecular weight excluding hydrogens is 216 g/mol. The van der Waals surface area contributed by atoms with E-state index in [1.54, 1.807) is 7.11 Å². The van der Waals surface area contributed by atoms with Crippen molar-refractivity contribution in [3.05, 3.63) is 0 Å². The Hall–Kier alpha value is -0.570. The summed E-state index contributed by atoms with van der Waals surface area (Å²) in [7, 11) is 1.60. The summed E-state index contributed by atoms with van der Waals surface area (Å²) in [5.74, 6) is 0.352. The van der Waals surface area contributed by atoms with Crippen molar-refractivity contribution in [3.63, 3.8) is 0 Å².